The minimum Gasteiger partial charge on any atom is -0.355 e. The van der Waals surface area contributed by atoms with Crippen molar-refractivity contribution in [2.45, 2.75) is 40.2 Å². The molecule has 0 radical (unpaired) electrons. The minimum atomic E-state index is 0.701. The molecular weight excluding hydrogens is 270 g/mol. The Bertz CT molecular complexity index is 436. The van der Waals surface area contributed by atoms with Gasteiger partial charge in [-0.25, -0.2) is 4.98 Å². The zero-order chi connectivity index (χ0) is 14.5. The van der Waals surface area contributed by atoms with Crippen LogP contribution in [-0.2, 0) is 6.54 Å². The van der Waals surface area contributed by atoms with Crippen molar-refractivity contribution in [2.75, 3.05) is 24.5 Å². The number of nitrogens with zero attached hydrogens (tertiary/aromatic N) is 2. The average Bonchev–Trinajstić information content (AvgIpc) is 2.43. The molecule has 0 saturated carbocycles. The Balaban J connectivity index is 2.02. The van der Waals surface area contributed by atoms with Crippen LogP contribution in [0.3, 0.4) is 0 Å². The van der Waals surface area contributed by atoms with Gasteiger partial charge in [0.1, 0.15) is 5.82 Å². The highest BCUT2D eigenvalue weighted by atomic mass is 35.5. The van der Waals surface area contributed by atoms with Crippen LogP contribution < -0.4 is 10.2 Å². The summed E-state index contributed by atoms with van der Waals surface area (Å²) in [6.45, 7) is 10.8. The fourth-order valence-corrected chi connectivity index (χ4v) is 2.97. The fraction of sp³-hybridized carbons (Fsp3) is 0.688. The van der Waals surface area contributed by atoms with Crippen molar-refractivity contribution in [1.82, 2.24) is 10.3 Å². The maximum atomic E-state index is 6.43. The van der Waals surface area contributed by atoms with E-state index in [4.69, 9.17) is 11.6 Å². The first kappa shape index (κ1) is 15.6. The number of hydrogen-bond donors (Lipinski definition) is 1. The second-order valence-corrected chi connectivity index (χ2v) is 6.42. The lowest BCUT2D eigenvalue weighted by atomic mass is 9.89. The Hall–Kier alpha value is -0.800. The van der Waals surface area contributed by atoms with Crippen molar-refractivity contribution in [3.8, 4) is 0 Å². The number of rotatable bonds is 5. The standard InChI is InChI=1S/C16H26ClN3/c1-4-6-18-9-14-8-15(17)16(19-10-14)20-7-5-12(2)13(3)11-20/h8,10,12-13,18H,4-7,9,11H2,1-3H3. The van der Waals surface area contributed by atoms with E-state index in [-0.39, 0.29) is 0 Å². The molecular formula is C16H26ClN3. The minimum absolute atomic E-state index is 0.701. The molecule has 112 valence electrons. The molecule has 0 bridgehead atoms. The van der Waals surface area contributed by atoms with Crippen molar-refractivity contribution < 1.29 is 0 Å². The molecule has 1 aliphatic heterocycles. The van der Waals surface area contributed by atoms with Gasteiger partial charge in [0.25, 0.3) is 0 Å². The van der Waals surface area contributed by atoms with Gasteiger partial charge in [0.2, 0.25) is 0 Å². The summed E-state index contributed by atoms with van der Waals surface area (Å²) in [5, 5.41) is 4.16. The molecule has 0 amide bonds. The van der Waals surface area contributed by atoms with Crippen LogP contribution in [-0.4, -0.2) is 24.6 Å². The first-order valence-electron chi connectivity index (χ1n) is 7.72. The molecule has 20 heavy (non-hydrogen) atoms. The van der Waals surface area contributed by atoms with Gasteiger partial charge in [0, 0.05) is 25.8 Å². The third kappa shape index (κ3) is 3.86. The number of halogens is 1. The molecule has 1 aromatic rings. The Kier molecular flexibility index (Phi) is 5.67. The molecule has 2 heterocycles. The van der Waals surface area contributed by atoms with Crippen LogP contribution in [0.25, 0.3) is 0 Å². The van der Waals surface area contributed by atoms with Gasteiger partial charge < -0.3 is 10.2 Å². The highest BCUT2D eigenvalue weighted by Crippen LogP contribution is 2.30. The van der Waals surface area contributed by atoms with E-state index in [1.54, 1.807) is 0 Å². The summed E-state index contributed by atoms with van der Waals surface area (Å²) >= 11 is 6.43. The predicted octanol–water partition coefficient (Wildman–Crippen LogP) is 3.72. The van der Waals surface area contributed by atoms with Gasteiger partial charge >= 0.3 is 0 Å². The Morgan fingerprint density at radius 1 is 1.40 bits per heavy atom. The molecule has 1 saturated heterocycles. The molecule has 0 aromatic carbocycles. The number of aromatic nitrogens is 1. The molecule has 1 fully saturated rings. The summed E-state index contributed by atoms with van der Waals surface area (Å²) in [4.78, 5) is 6.92. The molecule has 3 nitrogen and oxygen atoms in total. The monoisotopic (exact) mass is 295 g/mol. The zero-order valence-electron chi connectivity index (χ0n) is 12.8. The van der Waals surface area contributed by atoms with Crippen LogP contribution in [0.2, 0.25) is 5.02 Å². The molecule has 1 N–H and O–H groups in total. The van der Waals surface area contributed by atoms with Gasteiger partial charge in [-0.05, 0) is 42.9 Å². The molecule has 4 heteroatoms. The second kappa shape index (κ2) is 7.28. The smallest absolute Gasteiger partial charge is 0.147 e. The van der Waals surface area contributed by atoms with E-state index >= 15 is 0 Å². The molecule has 0 spiro atoms. The number of hydrogen-bond acceptors (Lipinski definition) is 3. The van der Waals surface area contributed by atoms with E-state index in [0.29, 0.717) is 5.92 Å². The van der Waals surface area contributed by atoms with Crippen molar-refractivity contribution in [2.24, 2.45) is 11.8 Å². The molecule has 2 rings (SSSR count). The van der Waals surface area contributed by atoms with Crippen LogP contribution in [0.1, 0.15) is 39.2 Å². The highest BCUT2D eigenvalue weighted by Gasteiger charge is 2.24. The Morgan fingerprint density at radius 2 is 2.20 bits per heavy atom. The zero-order valence-corrected chi connectivity index (χ0v) is 13.6. The SMILES string of the molecule is CCCNCc1cnc(N2CCC(C)C(C)C2)c(Cl)c1. The summed E-state index contributed by atoms with van der Waals surface area (Å²) in [6, 6.07) is 2.05. The highest BCUT2D eigenvalue weighted by molar-refractivity contribution is 6.33. The number of anilines is 1. The normalized spacial score (nSPS) is 23.1. The van der Waals surface area contributed by atoms with Crippen molar-refractivity contribution in [3.05, 3.63) is 22.8 Å². The van der Waals surface area contributed by atoms with E-state index in [2.05, 4.69) is 42.0 Å². The van der Waals surface area contributed by atoms with Gasteiger partial charge in [-0.1, -0.05) is 32.4 Å². The molecule has 0 aliphatic carbocycles. The largest absolute Gasteiger partial charge is 0.355 e. The lowest BCUT2D eigenvalue weighted by Gasteiger charge is -2.36. The lowest BCUT2D eigenvalue weighted by molar-refractivity contribution is 0.323. The number of pyridine rings is 1. The van der Waals surface area contributed by atoms with Crippen LogP contribution >= 0.6 is 11.6 Å². The fourth-order valence-electron chi connectivity index (χ4n) is 2.66. The van der Waals surface area contributed by atoms with E-state index < -0.39 is 0 Å². The van der Waals surface area contributed by atoms with Crippen molar-refractivity contribution in [1.29, 1.82) is 0 Å². The van der Waals surface area contributed by atoms with Gasteiger partial charge in [-0.15, -0.1) is 0 Å². The summed E-state index contributed by atoms with van der Waals surface area (Å²) in [6.07, 6.45) is 4.31. The lowest BCUT2D eigenvalue weighted by Crippen LogP contribution is -2.39. The third-order valence-electron chi connectivity index (χ3n) is 4.27. The summed E-state index contributed by atoms with van der Waals surface area (Å²) < 4.78 is 0. The van der Waals surface area contributed by atoms with Gasteiger partial charge in [-0.3, -0.25) is 0 Å². The molecule has 1 aliphatic rings. The first-order chi connectivity index (χ1) is 9.61. The quantitative estimate of drug-likeness (QED) is 0.839. The summed E-state index contributed by atoms with van der Waals surface area (Å²) in [7, 11) is 0. The average molecular weight is 296 g/mol. The molecule has 2 atom stereocenters. The van der Waals surface area contributed by atoms with E-state index in [0.717, 1.165) is 54.9 Å². The van der Waals surface area contributed by atoms with Crippen LogP contribution in [0.5, 0.6) is 0 Å². The predicted molar refractivity (Wildman–Crippen MR) is 86.4 cm³/mol. The van der Waals surface area contributed by atoms with Crippen molar-refractivity contribution >= 4 is 17.4 Å². The Labute approximate surface area is 127 Å². The van der Waals surface area contributed by atoms with Gasteiger partial charge in [-0.2, -0.15) is 0 Å². The summed E-state index contributed by atoms with van der Waals surface area (Å²) in [5.41, 5.74) is 1.16. The summed E-state index contributed by atoms with van der Waals surface area (Å²) in [5.74, 6) is 2.44. The Morgan fingerprint density at radius 3 is 2.85 bits per heavy atom. The maximum Gasteiger partial charge on any atom is 0.147 e. The molecule has 2 unspecified atom stereocenters. The first-order valence-corrected chi connectivity index (χ1v) is 8.09. The van der Waals surface area contributed by atoms with E-state index in [1.165, 1.54) is 6.42 Å². The molecule has 1 aromatic heterocycles. The topological polar surface area (TPSA) is 28.2 Å². The number of nitrogens with one attached hydrogen (secondary N) is 1. The van der Waals surface area contributed by atoms with Crippen LogP contribution in [0, 0.1) is 11.8 Å². The third-order valence-corrected chi connectivity index (χ3v) is 4.55. The maximum absolute atomic E-state index is 6.43. The second-order valence-electron chi connectivity index (χ2n) is 6.02. The van der Waals surface area contributed by atoms with Gasteiger partial charge in [0.05, 0.1) is 5.02 Å². The van der Waals surface area contributed by atoms with E-state index in [1.807, 2.05) is 6.20 Å². The van der Waals surface area contributed by atoms with Crippen LogP contribution in [0.4, 0.5) is 5.82 Å². The van der Waals surface area contributed by atoms with Crippen LogP contribution in [0.15, 0.2) is 12.3 Å². The van der Waals surface area contributed by atoms with Crippen molar-refractivity contribution in [3.63, 3.8) is 0 Å². The number of piperidine rings is 1. The van der Waals surface area contributed by atoms with Gasteiger partial charge in [0.15, 0.2) is 0 Å². The van der Waals surface area contributed by atoms with E-state index in [9.17, 15) is 0 Å².